The van der Waals surface area contributed by atoms with Crippen LogP contribution in [-0.4, -0.2) is 0 Å². The van der Waals surface area contributed by atoms with Gasteiger partial charge in [-0.05, 0) is 43.7 Å². The molecular weight excluding hydrogens is 295 g/mol. The van der Waals surface area contributed by atoms with Crippen LogP contribution in [0.2, 0.25) is 0 Å². The molecule has 108 valence electrons. The molecule has 0 heterocycles. The van der Waals surface area contributed by atoms with Gasteiger partial charge in [-0.2, -0.15) is 18.4 Å². The monoisotopic (exact) mass is 307 g/mol. The maximum absolute atomic E-state index is 12.7. The third-order valence-electron chi connectivity index (χ3n) is 2.98. The standard InChI is InChI=1S/C16H12F3NS/c1-10-3-6-15(11(2)7-10)21-13-4-5-14(16(17,18)19)12(8-13)9-20/h3-8H,1-2H3. The highest BCUT2D eigenvalue weighted by molar-refractivity contribution is 7.99. The molecule has 1 nitrogen and oxygen atoms in total. The van der Waals surface area contributed by atoms with Gasteiger partial charge in [-0.15, -0.1) is 0 Å². The van der Waals surface area contributed by atoms with Crippen LogP contribution in [0.1, 0.15) is 22.3 Å². The molecule has 0 aliphatic carbocycles. The van der Waals surface area contributed by atoms with Crippen molar-refractivity contribution in [2.45, 2.75) is 29.8 Å². The molecule has 0 bridgehead atoms. The minimum atomic E-state index is -4.51. The number of aryl methyl sites for hydroxylation is 2. The maximum Gasteiger partial charge on any atom is 0.417 e. The van der Waals surface area contributed by atoms with Crippen molar-refractivity contribution in [3.63, 3.8) is 0 Å². The lowest BCUT2D eigenvalue weighted by Crippen LogP contribution is -2.07. The number of alkyl halides is 3. The molecule has 0 aliphatic heterocycles. The highest BCUT2D eigenvalue weighted by Gasteiger charge is 2.33. The van der Waals surface area contributed by atoms with Crippen LogP contribution >= 0.6 is 11.8 Å². The van der Waals surface area contributed by atoms with Gasteiger partial charge in [-0.1, -0.05) is 29.5 Å². The number of nitriles is 1. The van der Waals surface area contributed by atoms with E-state index in [-0.39, 0.29) is 5.56 Å². The third kappa shape index (κ3) is 3.59. The maximum atomic E-state index is 12.7. The Hall–Kier alpha value is -1.93. The Bertz CT molecular complexity index is 714. The molecule has 0 saturated carbocycles. The van der Waals surface area contributed by atoms with Crippen LogP contribution in [0.5, 0.6) is 0 Å². The lowest BCUT2D eigenvalue weighted by Gasteiger charge is -2.11. The lowest BCUT2D eigenvalue weighted by molar-refractivity contribution is -0.137. The summed E-state index contributed by atoms with van der Waals surface area (Å²) in [4.78, 5) is 1.58. The Labute approximate surface area is 125 Å². The Morgan fingerprint density at radius 3 is 2.33 bits per heavy atom. The molecular formula is C16H12F3NS. The van der Waals surface area contributed by atoms with Gasteiger partial charge in [-0.3, -0.25) is 0 Å². The lowest BCUT2D eigenvalue weighted by atomic mass is 10.1. The van der Waals surface area contributed by atoms with Crippen molar-refractivity contribution >= 4 is 11.8 Å². The second-order valence-electron chi connectivity index (χ2n) is 4.69. The summed E-state index contributed by atoms with van der Waals surface area (Å²) in [6.07, 6.45) is -4.51. The van der Waals surface area contributed by atoms with E-state index in [2.05, 4.69) is 0 Å². The fourth-order valence-corrected chi connectivity index (χ4v) is 2.89. The number of hydrogen-bond acceptors (Lipinski definition) is 2. The molecule has 0 fully saturated rings. The van der Waals surface area contributed by atoms with E-state index in [0.29, 0.717) is 4.90 Å². The number of rotatable bonds is 2. The van der Waals surface area contributed by atoms with Crippen molar-refractivity contribution in [1.82, 2.24) is 0 Å². The summed E-state index contributed by atoms with van der Waals surface area (Å²) in [6, 6.07) is 11.2. The summed E-state index contributed by atoms with van der Waals surface area (Å²) < 4.78 is 38.2. The summed E-state index contributed by atoms with van der Waals surface area (Å²) in [5, 5.41) is 8.90. The molecule has 0 radical (unpaired) electrons. The predicted molar refractivity (Wildman–Crippen MR) is 76.2 cm³/mol. The number of benzene rings is 2. The summed E-state index contributed by atoms with van der Waals surface area (Å²) in [5.41, 5.74) is 0.938. The zero-order valence-corrected chi connectivity index (χ0v) is 12.3. The molecule has 0 spiro atoms. The van der Waals surface area contributed by atoms with Gasteiger partial charge in [0.25, 0.3) is 0 Å². The summed E-state index contributed by atoms with van der Waals surface area (Å²) in [6.45, 7) is 3.93. The fourth-order valence-electron chi connectivity index (χ4n) is 1.97. The zero-order chi connectivity index (χ0) is 15.6. The molecule has 0 N–H and O–H groups in total. The van der Waals surface area contributed by atoms with E-state index in [9.17, 15) is 13.2 Å². The van der Waals surface area contributed by atoms with Crippen molar-refractivity contribution < 1.29 is 13.2 Å². The molecule has 0 atom stereocenters. The number of nitrogens with zero attached hydrogens (tertiary/aromatic N) is 1. The molecule has 0 saturated heterocycles. The van der Waals surface area contributed by atoms with Crippen LogP contribution in [0.25, 0.3) is 0 Å². The molecule has 0 unspecified atom stereocenters. The summed E-state index contributed by atoms with van der Waals surface area (Å²) >= 11 is 1.35. The van der Waals surface area contributed by atoms with Crippen molar-refractivity contribution in [1.29, 1.82) is 5.26 Å². The van der Waals surface area contributed by atoms with E-state index < -0.39 is 11.7 Å². The van der Waals surface area contributed by atoms with Gasteiger partial charge in [0.05, 0.1) is 17.2 Å². The van der Waals surface area contributed by atoms with Gasteiger partial charge in [0.15, 0.2) is 0 Å². The molecule has 2 aromatic rings. The highest BCUT2D eigenvalue weighted by atomic mass is 32.2. The van der Waals surface area contributed by atoms with E-state index >= 15 is 0 Å². The first kappa shape index (κ1) is 15.5. The number of hydrogen-bond donors (Lipinski definition) is 0. The fraction of sp³-hybridized carbons (Fsp3) is 0.188. The Morgan fingerprint density at radius 1 is 1.05 bits per heavy atom. The molecule has 5 heteroatoms. The zero-order valence-electron chi connectivity index (χ0n) is 11.5. The van der Waals surface area contributed by atoms with E-state index in [1.807, 2.05) is 32.0 Å². The molecule has 2 rings (SSSR count). The minimum absolute atomic E-state index is 0.350. The van der Waals surface area contributed by atoms with Crippen molar-refractivity contribution in [2.24, 2.45) is 0 Å². The normalized spacial score (nSPS) is 11.2. The van der Waals surface area contributed by atoms with Gasteiger partial charge in [0.1, 0.15) is 0 Å². The van der Waals surface area contributed by atoms with Gasteiger partial charge >= 0.3 is 6.18 Å². The minimum Gasteiger partial charge on any atom is -0.192 e. The van der Waals surface area contributed by atoms with Gasteiger partial charge in [0, 0.05) is 9.79 Å². The molecule has 21 heavy (non-hydrogen) atoms. The van der Waals surface area contributed by atoms with E-state index in [0.717, 1.165) is 22.1 Å². The number of halogens is 3. The smallest absolute Gasteiger partial charge is 0.192 e. The van der Waals surface area contributed by atoms with Crippen LogP contribution in [0, 0.1) is 25.2 Å². The van der Waals surface area contributed by atoms with Gasteiger partial charge in [0.2, 0.25) is 0 Å². The van der Waals surface area contributed by atoms with Crippen LogP contribution in [0.4, 0.5) is 13.2 Å². The first-order chi connectivity index (χ1) is 9.81. The first-order valence-corrected chi connectivity index (χ1v) is 6.99. The Morgan fingerprint density at radius 2 is 1.76 bits per heavy atom. The Balaban J connectivity index is 2.36. The third-order valence-corrected chi connectivity index (χ3v) is 4.14. The SMILES string of the molecule is Cc1ccc(Sc2ccc(C(F)(F)F)c(C#N)c2)c(C)c1. The molecule has 2 aromatic carbocycles. The molecule has 0 amide bonds. The Kier molecular flexibility index (Phi) is 4.29. The predicted octanol–water partition coefficient (Wildman–Crippen LogP) is 5.35. The van der Waals surface area contributed by atoms with Crippen LogP contribution in [-0.2, 0) is 6.18 Å². The van der Waals surface area contributed by atoms with Crippen molar-refractivity contribution in [3.8, 4) is 6.07 Å². The van der Waals surface area contributed by atoms with Gasteiger partial charge < -0.3 is 0 Å². The summed E-state index contributed by atoms with van der Waals surface area (Å²) in [7, 11) is 0. The second kappa shape index (κ2) is 5.82. The van der Waals surface area contributed by atoms with E-state index in [1.54, 1.807) is 6.07 Å². The average Bonchev–Trinajstić information content (AvgIpc) is 2.40. The second-order valence-corrected chi connectivity index (χ2v) is 5.80. The quantitative estimate of drug-likeness (QED) is 0.747. The molecule has 0 aliphatic rings. The van der Waals surface area contributed by atoms with Crippen LogP contribution < -0.4 is 0 Å². The van der Waals surface area contributed by atoms with E-state index in [1.165, 1.54) is 23.9 Å². The van der Waals surface area contributed by atoms with Gasteiger partial charge in [-0.25, -0.2) is 0 Å². The average molecular weight is 307 g/mol. The van der Waals surface area contributed by atoms with Crippen LogP contribution in [0.15, 0.2) is 46.2 Å². The topological polar surface area (TPSA) is 23.8 Å². The highest BCUT2D eigenvalue weighted by Crippen LogP contribution is 2.36. The van der Waals surface area contributed by atoms with E-state index in [4.69, 9.17) is 5.26 Å². The van der Waals surface area contributed by atoms with Crippen LogP contribution in [0.3, 0.4) is 0 Å². The molecule has 0 aromatic heterocycles. The largest absolute Gasteiger partial charge is 0.417 e. The van der Waals surface area contributed by atoms with Crippen molar-refractivity contribution in [3.05, 3.63) is 58.7 Å². The summed E-state index contributed by atoms with van der Waals surface area (Å²) in [5.74, 6) is 0. The first-order valence-electron chi connectivity index (χ1n) is 6.17. The van der Waals surface area contributed by atoms with Crippen molar-refractivity contribution in [2.75, 3.05) is 0 Å².